The highest BCUT2D eigenvalue weighted by Gasteiger charge is 2.28. The molecule has 7 nitrogen and oxygen atoms in total. The lowest BCUT2D eigenvalue weighted by molar-refractivity contribution is -0.146. The second-order valence-corrected chi connectivity index (χ2v) is 9.80. The van der Waals surface area contributed by atoms with Crippen molar-refractivity contribution in [2.45, 2.75) is 26.3 Å². The summed E-state index contributed by atoms with van der Waals surface area (Å²) in [5, 5.41) is 0. The molecule has 3 rings (SSSR count). The highest BCUT2D eigenvalue weighted by Crippen LogP contribution is 2.23. The number of piperidine rings is 1. The number of rotatable bonds is 6. The number of anilines is 1. The Morgan fingerprint density at radius 1 is 1.10 bits per heavy atom. The van der Waals surface area contributed by atoms with Crippen molar-refractivity contribution in [1.82, 2.24) is 4.90 Å². The quantitative estimate of drug-likeness (QED) is 0.640. The minimum absolute atomic E-state index is 0.0893. The zero-order valence-electron chi connectivity index (χ0n) is 18.1. The summed E-state index contributed by atoms with van der Waals surface area (Å²) in [5.74, 6) is -0.464. The van der Waals surface area contributed by atoms with E-state index in [0.717, 1.165) is 11.1 Å². The Morgan fingerprint density at radius 3 is 2.29 bits per heavy atom. The van der Waals surface area contributed by atoms with Gasteiger partial charge in [0.2, 0.25) is 10.0 Å². The van der Waals surface area contributed by atoms with Gasteiger partial charge in [-0.05, 0) is 55.2 Å². The van der Waals surface area contributed by atoms with Crippen LogP contribution in [0.4, 0.5) is 5.69 Å². The second-order valence-electron chi connectivity index (χ2n) is 7.90. The summed E-state index contributed by atoms with van der Waals surface area (Å²) in [4.78, 5) is 26.2. The van der Waals surface area contributed by atoms with Gasteiger partial charge in [-0.2, -0.15) is 0 Å². The normalized spacial score (nSPS) is 14.9. The van der Waals surface area contributed by atoms with Crippen LogP contribution in [0.2, 0.25) is 0 Å². The van der Waals surface area contributed by atoms with Crippen molar-refractivity contribution in [2.75, 3.05) is 30.8 Å². The molecule has 1 aliphatic heterocycles. The molecule has 0 N–H and O–H groups in total. The van der Waals surface area contributed by atoms with E-state index < -0.39 is 10.0 Å². The van der Waals surface area contributed by atoms with Crippen LogP contribution in [0.1, 0.15) is 34.3 Å². The first-order chi connectivity index (χ1) is 14.7. The van der Waals surface area contributed by atoms with Crippen LogP contribution in [-0.4, -0.2) is 51.6 Å². The van der Waals surface area contributed by atoms with Gasteiger partial charge in [-0.1, -0.05) is 24.3 Å². The van der Waals surface area contributed by atoms with Crippen molar-refractivity contribution < 1.29 is 22.7 Å². The van der Waals surface area contributed by atoms with Crippen LogP contribution in [0.15, 0.2) is 48.5 Å². The van der Waals surface area contributed by atoms with E-state index in [-0.39, 0.29) is 24.3 Å². The lowest BCUT2D eigenvalue weighted by atomic mass is 9.96. The summed E-state index contributed by atoms with van der Waals surface area (Å²) in [6, 6.07) is 14.3. The second kappa shape index (κ2) is 9.51. The number of hydrogen-bond donors (Lipinski definition) is 0. The van der Waals surface area contributed by atoms with Crippen molar-refractivity contribution in [3.8, 4) is 0 Å². The molecule has 0 bridgehead atoms. The molecule has 0 aliphatic carbocycles. The fourth-order valence-electron chi connectivity index (χ4n) is 3.77. The van der Waals surface area contributed by atoms with E-state index in [4.69, 9.17) is 4.74 Å². The standard InChI is InChI=1S/C23H28N2O5S/c1-17-5-4-6-21(15-17)25(31(3,28)29)16-18-7-9-19(10-8-18)22(26)24-13-11-20(12-14-24)23(27)30-2/h4-10,15,20H,11-14,16H2,1-3H3. The van der Waals surface area contributed by atoms with E-state index in [0.29, 0.717) is 37.2 Å². The van der Waals surface area contributed by atoms with Crippen LogP contribution in [0.3, 0.4) is 0 Å². The maximum atomic E-state index is 12.8. The van der Waals surface area contributed by atoms with Gasteiger partial charge < -0.3 is 9.64 Å². The number of esters is 1. The molecule has 1 heterocycles. The molecule has 1 saturated heterocycles. The molecular formula is C23H28N2O5S. The van der Waals surface area contributed by atoms with Crippen LogP contribution >= 0.6 is 0 Å². The minimum atomic E-state index is -3.47. The molecule has 8 heteroatoms. The third-order valence-electron chi connectivity index (χ3n) is 5.53. The van der Waals surface area contributed by atoms with Gasteiger partial charge in [0.15, 0.2) is 0 Å². The van der Waals surface area contributed by atoms with Gasteiger partial charge in [-0.3, -0.25) is 13.9 Å². The number of aryl methyl sites for hydroxylation is 1. The van der Waals surface area contributed by atoms with Gasteiger partial charge >= 0.3 is 5.97 Å². The Labute approximate surface area is 183 Å². The summed E-state index contributed by atoms with van der Waals surface area (Å²) in [6.07, 6.45) is 2.37. The minimum Gasteiger partial charge on any atom is -0.469 e. The third-order valence-corrected chi connectivity index (χ3v) is 6.67. The van der Waals surface area contributed by atoms with Crippen molar-refractivity contribution in [2.24, 2.45) is 5.92 Å². The molecule has 2 aromatic rings. The summed E-state index contributed by atoms with van der Waals surface area (Å²) in [5.41, 5.74) is 2.91. The maximum absolute atomic E-state index is 12.8. The predicted molar refractivity (Wildman–Crippen MR) is 119 cm³/mol. The number of methoxy groups -OCH3 is 1. The van der Waals surface area contributed by atoms with E-state index in [1.165, 1.54) is 17.7 Å². The first-order valence-electron chi connectivity index (χ1n) is 10.2. The number of hydrogen-bond acceptors (Lipinski definition) is 5. The Morgan fingerprint density at radius 2 is 1.74 bits per heavy atom. The number of sulfonamides is 1. The SMILES string of the molecule is COC(=O)C1CCN(C(=O)c2ccc(CN(c3cccc(C)c3)S(C)(=O)=O)cc2)CC1. The van der Waals surface area contributed by atoms with E-state index in [1.807, 2.05) is 25.1 Å². The molecule has 0 saturated carbocycles. The molecule has 1 amide bonds. The predicted octanol–water partition coefficient (Wildman–Crippen LogP) is 2.99. The Balaban J connectivity index is 1.69. The van der Waals surface area contributed by atoms with Crippen molar-refractivity contribution in [3.05, 3.63) is 65.2 Å². The number of amides is 1. The molecule has 166 valence electrons. The van der Waals surface area contributed by atoms with Crippen molar-refractivity contribution in [1.29, 1.82) is 0 Å². The van der Waals surface area contributed by atoms with Gasteiger partial charge in [-0.15, -0.1) is 0 Å². The van der Waals surface area contributed by atoms with Gasteiger partial charge in [0.1, 0.15) is 0 Å². The van der Waals surface area contributed by atoms with Gasteiger partial charge in [0, 0.05) is 18.7 Å². The van der Waals surface area contributed by atoms with Gasteiger partial charge in [0.25, 0.3) is 5.91 Å². The fraction of sp³-hybridized carbons (Fsp3) is 0.391. The number of carbonyl (C=O) groups excluding carboxylic acids is 2. The molecule has 1 aliphatic rings. The van der Waals surface area contributed by atoms with Crippen molar-refractivity contribution >= 4 is 27.6 Å². The summed E-state index contributed by atoms with van der Waals surface area (Å²) in [6.45, 7) is 3.12. The first kappa shape index (κ1) is 22.8. The number of carbonyl (C=O) groups is 2. The Bertz CT molecular complexity index is 1040. The summed E-state index contributed by atoms with van der Waals surface area (Å²) in [7, 11) is -2.09. The van der Waals surface area contributed by atoms with Crippen molar-refractivity contribution in [3.63, 3.8) is 0 Å². The van der Waals surface area contributed by atoms with E-state index in [9.17, 15) is 18.0 Å². The average molecular weight is 445 g/mol. The monoisotopic (exact) mass is 444 g/mol. The third kappa shape index (κ3) is 5.64. The number of nitrogens with zero attached hydrogens (tertiary/aromatic N) is 2. The number of ether oxygens (including phenoxy) is 1. The van der Waals surface area contributed by atoms with E-state index in [2.05, 4.69) is 0 Å². The molecule has 0 aromatic heterocycles. The molecule has 0 spiro atoms. The molecule has 0 radical (unpaired) electrons. The molecule has 2 aromatic carbocycles. The summed E-state index contributed by atoms with van der Waals surface area (Å²) >= 11 is 0. The smallest absolute Gasteiger partial charge is 0.308 e. The van der Waals surface area contributed by atoms with Crippen LogP contribution in [0.5, 0.6) is 0 Å². The number of benzene rings is 2. The largest absolute Gasteiger partial charge is 0.469 e. The lowest BCUT2D eigenvalue weighted by Gasteiger charge is -2.30. The highest BCUT2D eigenvalue weighted by molar-refractivity contribution is 7.92. The van der Waals surface area contributed by atoms with E-state index in [1.54, 1.807) is 35.2 Å². The zero-order valence-corrected chi connectivity index (χ0v) is 18.9. The van der Waals surface area contributed by atoms with Gasteiger partial charge in [-0.25, -0.2) is 8.42 Å². The van der Waals surface area contributed by atoms with Crippen LogP contribution in [-0.2, 0) is 26.1 Å². The van der Waals surface area contributed by atoms with Crippen LogP contribution in [0.25, 0.3) is 0 Å². The Hall–Kier alpha value is -2.87. The van der Waals surface area contributed by atoms with Crippen LogP contribution < -0.4 is 4.31 Å². The molecule has 0 atom stereocenters. The van der Waals surface area contributed by atoms with E-state index >= 15 is 0 Å². The fourth-order valence-corrected chi connectivity index (χ4v) is 4.65. The Kier molecular flexibility index (Phi) is 7.00. The average Bonchev–Trinajstić information content (AvgIpc) is 2.76. The molecular weight excluding hydrogens is 416 g/mol. The van der Waals surface area contributed by atoms with Gasteiger partial charge in [0.05, 0.1) is 31.5 Å². The first-order valence-corrected chi connectivity index (χ1v) is 12.0. The van der Waals surface area contributed by atoms with Crippen LogP contribution in [0, 0.1) is 12.8 Å². The number of likely N-dealkylation sites (tertiary alicyclic amines) is 1. The molecule has 0 unspecified atom stereocenters. The summed E-state index contributed by atoms with van der Waals surface area (Å²) < 4.78 is 30.9. The lowest BCUT2D eigenvalue weighted by Crippen LogP contribution is -2.40. The zero-order chi connectivity index (χ0) is 22.6. The maximum Gasteiger partial charge on any atom is 0.308 e. The topological polar surface area (TPSA) is 84.0 Å². The highest BCUT2D eigenvalue weighted by atomic mass is 32.2. The molecule has 31 heavy (non-hydrogen) atoms. The molecule has 1 fully saturated rings.